The minimum absolute atomic E-state index is 0.759. The summed E-state index contributed by atoms with van der Waals surface area (Å²) in [5.74, 6) is 0. The highest BCUT2D eigenvalue weighted by Crippen LogP contribution is 2.36. The first kappa shape index (κ1) is 17.7. The topological polar surface area (TPSA) is 64.7 Å². The standard InChI is InChI=1S/C26H18N4O/c1-15-13-20-19(14-16(2)22-26(20)30-31-29-22)25-21(15)27-23(17-9-5-3-6-10-17)24(28-25)18-11-7-4-8-12-18/h3-14H,1-2H3. The van der Waals surface area contributed by atoms with Crippen molar-refractivity contribution in [2.24, 2.45) is 0 Å². The minimum Gasteiger partial charge on any atom is -0.244 e. The van der Waals surface area contributed by atoms with Crippen molar-refractivity contribution in [3.8, 4) is 22.5 Å². The molecule has 0 bridgehead atoms. The molecule has 0 saturated heterocycles. The molecule has 0 fully saturated rings. The zero-order chi connectivity index (χ0) is 20.9. The summed E-state index contributed by atoms with van der Waals surface area (Å²) < 4.78 is 5.04. The van der Waals surface area contributed by atoms with Gasteiger partial charge in [0.15, 0.2) is 0 Å². The predicted octanol–water partition coefficient (Wildman–Crippen LogP) is 6.27. The highest BCUT2D eigenvalue weighted by atomic mass is 16.6. The van der Waals surface area contributed by atoms with Crippen LogP contribution in [0.2, 0.25) is 0 Å². The van der Waals surface area contributed by atoms with Crippen LogP contribution in [0, 0.1) is 13.8 Å². The maximum Gasteiger partial charge on any atom is 0.143 e. The first-order valence-corrected chi connectivity index (χ1v) is 10.2. The fourth-order valence-electron chi connectivity index (χ4n) is 4.23. The molecular weight excluding hydrogens is 384 g/mol. The van der Waals surface area contributed by atoms with E-state index in [1.54, 1.807) is 0 Å². The molecule has 2 aromatic heterocycles. The van der Waals surface area contributed by atoms with E-state index in [9.17, 15) is 0 Å². The number of nitrogens with zero attached hydrogens (tertiary/aromatic N) is 4. The number of hydrogen-bond acceptors (Lipinski definition) is 5. The van der Waals surface area contributed by atoms with Gasteiger partial charge in [0.05, 0.1) is 22.4 Å². The van der Waals surface area contributed by atoms with Crippen LogP contribution < -0.4 is 0 Å². The van der Waals surface area contributed by atoms with Gasteiger partial charge in [0, 0.05) is 21.9 Å². The van der Waals surface area contributed by atoms with Crippen molar-refractivity contribution >= 4 is 32.8 Å². The van der Waals surface area contributed by atoms with Crippen molar-refractivity contribution in [1.29, 1.82) is 0 Å². The maximum atomic E-state index is 5.20. The van der Waals surface area contributed by atoms with Crippen molar-refractivity contribution < 1.29 is 4.63 Å². The Kier molecular flexibility index (Phi) is 3.83. The van der Waals surface area contributed by atoms with E-state index < -0.39 is 0 Å². The zero-order valence-corrected chi connectivity index (χ0v) is 17.1. The van der Waals surface area contributed by atoms with Gasteiger partial charge in [-0.3, -0.25) is 0 Å². The molecule has 5 nitrogen and oxygen atoms in total. The van der Waals surface area contributed by atoms with Gasteiger partial charge >= 0.3 is 0 Å². The molecule has 0 atom stereocenters. The monoisotopic (exact) mass is 402 g/mol. The molecule has 0 aliphatic carbocycles. The summed E-state index contributed by atoms with van der Waals surface area (Å²) in [6.07, 6.45) is 0. The summed E-state index contributed by atoms with van der Waals surface area (Å²) in [7, 11) is 0. The van der Waals surface area contributed by atoms with E-state index in [0.29, 0.717) is 0 Å². The van der Waals surface area contributed by atoms with Crippen molar-refractivity contribution in [2.75, 3.05) is 0 Å². The first-order chi connectivity index (χ1) is 15.2. The molecule has 0 aliphatic rings. The van der Waals surface area contributed by atoms with Gasteiger partial charge in [0.1, 0.15) is 11.0 Å². The molecule has 0 spiro atoms. The van der Waals surface area contributed by atoms with E-state index >= 15 is 0 Å². The Morgan fingerprint density at radius 1 is 0.548 bits per heavy atom. The van der Waals surface area contributed by atoms with Gasteiger partial charge < -0.3 is 0 Å². The lowest BCUT2D eigenvalue weighted by Gasteiger charge is -2.14. The zero-order valence-electron chi connectivity index (χ0n) is 17.1. The summed E-state index contributed by atoms with van der Waals surface area (Å²) in [5.41, 5.74) is 9.16. The third-order valence-corrected chi connectivity index (χ3v) is 5.75. The van der Waals surface area contributed by atoms with E-state index in [-0.39, 0.29) is 0 Å². The summed E-state index contributed by atoms with van der Waals surface area (Å²) in [6.45, 7) is 4.08. The van der Waals surface area contributed by atoms with Crippen LogP contribution in [0.4, 0.5) is 0 Å². The average Bonchev–Trinajstić information content (AvgIpc) is 3.32. The van der Waals surface area contributed by atoms with E-state index in [1.165, 1.54) is 0 Å². The molecule has 4 aromatic carbocycles. The van der Waals surface area contributed by atoms with Crippen molar-refractivity contribution in [1.82, 2.24) is 20.3 Å². The van der Waals surface area contributed by atoms with E-state index in [4.69, 9.17) is 14.6 Å². The van der Waals surface area contributed by atoms with Gasteiger partial charge in [-0.15, -0.1) is 0 Å². The lowest BCUT2D eigenvalue weighted by atomic mass is 9.98. The van der Waals surface area contributed by atoms with Gasteiger partial charge in [0.2, 0.25) is 0 Å². The second kappa shape index (κ2) is 6.71. The average molecular weight is 402 g/mol. The molecule has 148 valence electrons. The molecule has 0 unspecified atom stereocenters. The van der Waals surface area contributed by atoms with Crippen LogP contribution >= 0.6 is 0 Å². The number of benzene rings is 4. The molecule has 6 rings (SSSR count). The third-order valence-electron chi connectivity index (χ3n) is 5.75. The largest absolute Gasteiger partial charge is 0.244 e. The molecule has 0 saturated carbocycles. The third kappa shape index (κ3) is 2.70. The Bertz CT molecular complexity index is 1590. The Labute approximate surface area is 178 Å². The van der Waals surface area contributed by atoms with E-state index in [0.717, 1.165) is 66.5 Å². The smallest absolute Gasteiger partial charge is 0.143 e. The van der Waals surface area contributed by atoms with Crippen LogP contribution in [-0.2, 0) is 0 Å². The molecular formula is C26H18N4O. The Morgan fingerprint density at radius 3 is 1.65 bits per heavy atom. The van der Waals surface area contributed by atoms with Gasteiger partial charge in [-0.25, -0.2) is 14.6 Å². The lowest BCUT2D eigenvalue weighted by molar-refractivity contribution is 0.315. The molecule has 0 N–H and O–H groups in total. The summed E-state index contributed by atoms with van der Waals surface area (Å²) in [4.78, 5) is 10.3. The van der Waals surface area contributed by atoms with Crippen LogP contribution in [0.25, 0.3) is 55.4 Å². The number of rotatable bonds is 2. The molecule has 2 heterocycles. The Morgan fingerprint density at radius 2 is 1.03 bits per heavy atom. The van der Waals surface area contributed by atoms with Crippen LogP contribution in [0.15, 0.2) is 77.4 Å². The molecule has 0 radical (unpaired) electrons. The fraction of sp³-hybridized carbons (Fsp3) is 0.0769. The number of aromatic nitrogens is 4. The number of aryl methyl sites for hydroxylation is 2. The lowest BCUT2D eigenvalue weighted by Crippen LogP contribution is -1.98. The predicted molar refractivity (Wildman–Crippen MR) is 123 cm³/mol. The highest BCUT2D eigenvalue weighted by molar-refractivity contribution is 6.15. The van der Waals surface area contributed by atoms with Gasteiger partial charge in [-0.05, 0) is 47.4 Å². The second-order valence-electron chi connectivity index (χ2n) is 7.79. The Balaban J connectivity index is 1.79. The van der Waals surface area contributed by atoms with Crippen molar-refractivity contribution in [3.63, 3.8) is 0 Å². The normalized spacial score (nSPS) is 11.5. The van der Waals surface area contributed by atoms with Crippen LogP contribution in [0.1, 0.15) is 11.1 Å². The first-order valence-electron chi connectivity index (χ1n) is 10.2. The van der Waals surface area contributed by atoms with Gasteiger partial charge in [-0.2, -0.15) is 0 Å². The van der Waals surface area contributed by atoms with Crippen molar-refractivity contribution in [2.45, 2.75) is 13.8 Å². The molecule has 6 aromatic rings. The number of fused-ring (bicyclic) bond motifs is 5. The highest BCUT2D eigenvalue weighted by Gasteiger charge is 2.18. The molecule has 31 heavy (non-hydrogen) atoms. The van der Waals surface area contributed by atoms with Gasteiger partial charge in [0.25, 0.3) is 0 Å². The fourth-order valence-corrected chi connectivity index (χ4v) is 4.23. The molecule has 5 heteroatoms. The van der Waals surface area contributed by atoms with E-state index in [1.807, 2.05) is 43.3 Å². The van der Waals surface area contributed by atoms with Gasteiger partial charge in [-0.1, -0.05) is 60.7 Å². The molecule has 0 amide bonds. The van der Waals surface area contributed by atoms with Crippen LogP contribution in [-0.4, -0.2) is 20.3 Å². The van der Waals surface area contributed by atoms with Crippen LogP contribution in [0.3, 0.4) is 0 Å². The summed E-state index contributed by atoms with van der Waals surface area (Å²) in [5, 5.41) is 10.2. The maximum absolute atomic E-state index is 5.20. The summed E-state index contributed by atoms with van der Waals surface area (Å²) >= 11 is 0. The van der Waals surface area contributed by atoms with Crippen LogP contribution in [0.5, 0.6) is 0 Å². The second-order valence-corrected chi connectivity index (χ2v) is 7.79. The Hall–Kier alpha value is -4.12. The summed E-state index contributed by atoms with van der Waals surface area (Å²) in [6, 6.07) is 24.7. The van der Waals surface area contributed by atoms with E-state index in [2.05, 4.69) is 53.6 Å². The van der Waals surface area contributed by atoms with Crippen molar-refractivity contribution in [3.05, 3.63) is 83.9 Å². The SMILES string of the molecule is Cc1cc2c(cc(C)c3nc(-c4ccccc4)c(-c4ccccc4)nc32)c2nonc12. The quantitative estimate of drug-likeness (QED) is 0.319. The molecule has 0 aliphatic heterocycles. The minimum atomic E-state index is 0.759. The number of hydrogen-bond donors (Lipinski definition) is 0.